The lowest BCUT2D eigenvalue weighted by Gasteiger charge is -2.15. The number of hydrogen-bond donors (Lipinski definition) is 2. The standard InChI is InChI=1S/C15H16F3N3O2/c16-15(17,18)11-5-3-4-10(8-11)9-13(22)21-12(14(20)23)6-1-2-7-19/h3-5,8,12H,1-2,6,9H2,(H2,20,23)(H,21,22)/t12-/m0/s1. The van der Waals surface area contributed by atoms with Crippen LogP contribution in [0.1, 0.15) is 30.4 Å². The van der Waals surface area contributed by atoms with Crippen LogP contribution in [0.15, 0.2) is 24.3 Å². The zero-order valence-electron chi connectivity index (χ0n) is 12.2. The van der Waals surface area contributed by atoms with E-state index in [0.29, 0.717) is 6.42 Å². The molecule has 0 fully saturated rings. The molecule has 3 N–H and O–H groups in total. The van der Waals surface area contributed by atoms with Crippen LogP contribution in [0.25, 0.3) is 0 Å². The largest absolute Gasteiger partial charge is 0.416 e. The molecule has 2 amide bonds. The minimum Gasteiger partial charge on any atom is -0.368 e. The second-order valence-electron chi connectivity index (χ2n) is 4.95. The van der Waals surface area contributed by atoms with Crippen molar-refractivity contribution < 1.29 is 22.8 Å². The zero-order valence-corrected chi connectivity index (χ0v) is 12.2. The van der Waals surface area contributed by atoms with Crippen molar-refractivity contribution >= 4 is 11.8 Å². The average molecular weight is 327 g/mol. The van der Waals surface area contributed by atoms with Crippen LogP contribution < -0.4 is 11.1 Å². The number of rotatable bonds is 7. The highest BCUT2D eigenvalue weighted by atomic mass is 19.4. The lowest BCUT2D eigenvalue weighted by Crippen LogP contribution is -2.44. The third-order valence-electron chi connectivity index (χ3n) is 3.08. The normalized spacial score (nSPS) is 12.3. The van der Waals surface area contributed by atoms with Gasteiger partial charge in [-0.15, -0.1) is 0 Å². The second-order valence-corrected chi connectivity index (χ2v) is 4.95. The molecule has 8 heteroatoms. The van der Waals surface area contributed by atoms with E-state index in [1.54, 1.807) is 0 Å². The van der Waals surface area contributed by atoms with Crippen LogP contribution in [0.5, 0.6) is 0 Å². The Morgan fingerprint density at radius 2 is 2.04 bits per heavy atom. The lowest BCUT2D eigenvalue weighted by atomic mass is 10.1. The number of amides is 2. The summed E-state index contributed by atoms with van der Waals surface area (Å²) in [5, 5.41) is 10.8. The van der Waals surface area contributed by atoms with Gasteiger partial charge in [-0.05, 0) is 24.5 Å². The van der Waals surface area contributed by atoms with Crippen molar-refractivity contribution in [1.29, 1.82) is 5.26 Å². The van der Waals surface area contributed by atoms with E-state index in [0.717, 1.165) is 12.1 Å². The Morgan fingerprint density at radius 1 is 1.35 bits per heavy atom. The summed E-state index contributed by atoms with van der Waals surface area (Å²) in [6, 6.07) is 5.36. The summed E-state index contributed by atoms with van der Waals surface area (Å²) in [6.07, 6.45) is -3.98. The Labute approximate surface area is 131 Å². The molecule has 0 radical (unpaired) electrons. The topological polar surface area (TPSA) is 96.0 Å². The Morgan fingerprint density at radius 3 is 2.61 bits per heavy atom. The number of nitrogens with zero attached hydrogens (tertiary/aromatic N) is 1. The van der Waals surface area contributed by atoms with E-state index in [9.17, 15) is 22.8 Å². The first-order valence-electron chi connectivity index (χ1n) is 6.86. The molecule has 0 aliphatic heterocycles. The SMILES string of the molecule is N#CCCC[C@H](NC(=O)Cc1cccc(C(F)(F)F)c1)C(N)=O. The summed E-state index contributed by atoms with van der Waals surface area (Å²) >= 11 is 0. The van der Waals surface area contributed by atoms with Crippen molar-refractivity contribution in [2.75, 3.05) is 0 Å². The molecule has 124 valence electrons. The van der Waals surface area contributed by atoms with E-state index in [1.807, 2.05) is 6.07 Å². The number of halogens is 3. The highest BCUT2D eigenvalue weighted by molar-refractivity contribution is 5.87. The molecule has 1 rings (SSSR count). The number of benzene rings is 1. The minimum atomic E-state index is -4.49. The lowest BCUT2D eigenvalue weighted by molar-refractivity contribution is -0.137. The van der Waals surface area contributed by atoms with Gasteiger partial charge in [0.2, 0.25) is 11.8 Å². The van der Waals surface area contributed by atoms with E-state index in [-0.39, 0.29) is 24.8 Å². The zero-order chi connectivity index (χ0) is 17.5. The number of hydrogen-bond acceptors (Lipinski definition) is 3. The number of carbonyl (C=O) groups is 2. The molecular formula is C15H16F3N3O2. The van der Waals surface area contributed by atoms with Crippen LogP contribution in [0, 0.1) is 11.3 Å². The molecule has 23 heavy (non-hydrogen) atoms. The predicted molar refractivity (Wildman–Crippen MR) is 75.7 cm³/mol. The molecule has 1 aromatic carbocycles. The molecule has 0 bridgehead atoms. The number of nitrogens with one attached hydrogen (secondary N) is 1. The van der Waals surface area contributed by atoms with Gasteiger partial charge in [0.25, 0.3) is 0 Å². The number of alkyl halides is 3. The molecular weight excluding hydrogens is 311 g/mol. The van der Waals surface area contributed by atoms with Gasteiger partial charge in [-0.3, -0.25) is 9.59 Å². The average Bonchev–Trinajstić information content (AvgIpc) is 2.45. The van der Waals surface area contributed by atoms with E-state index in [1.165, 1.54) is 12.1 Å². The van der Waals surface area contributed by atoms with E-state index in [2.05, 4.69) is 5.32 Å². The van der Waals surface area contributed by atoms with Crippen LogP contribution >= 0.6 is 0 Å². The van der Waals surface area contributed by atoms with Crippen LogP contribution in [0.4, 0.5) is 13.2 Å². The third kappa shape index (κ3) is 6.38. The van der Waals surface area contributed by atoms with Crippen molar-refractivity contribution in [3.05, 3.63) is 35.4 Å². The minimum absolute atomic E-state index is 0.178. The molecule has 0 heterocycles. The number of unbranched alkanes of at least 4 members (excludes halogenated alkanes) is 1. The van der Waals surface area contributed by atoms with Crippen molar-refractivity contribution in [2.24, 2.45) is 5.73 Å². The van der Waals surface area contributed by atoms with Gasteiger partial charge < -0.3 is 11.1 Å². The van der Waals surface area contributed by atoms with Crippen LogP contribution in [-0.4, -0.2) is 17.9 Å². The van der Waals surface area contributed by atoms with Crippen molar-refractivity contribution in [2.45, 2.75) is 37.9 Å². The molecule has 5 nitrogen and oxygen atoms in total. The van der Waals surface area contributed by atoms with E-state index in [4.69, 9.17) is 11.0 Å². The fraction of sp³-hybridized carbons (Fsp3) is 0.400. The van der Waals surface area contributed by atoms with Crippen molar-refractivity contribution in [3.63, 3.8) is 0 Å². The first-order chi connectivity index (χ1) is 10.7. The first-order valence-corrected chi connectivity index (χ1v) is 6.86. The predicted octanol–water partition coefficient (Wildman–Crippen LogP) is 1.91. The summed E-state index contributed by atoms with van der Waals surface area (Å²) in [7, 11) is 0. The van der Waals surface area contributed by atoms with E-state index >= 15 is 0 Å². The van der Waals surface area contributed by atoms with Crippen LogP contribution in [-0.2, 0) is 22.2 Å². The number of carbonyl (C=O) groups excluding carboxylic acids is 2. The molecule has 1 aromatic rings. The number of nitrogens with two attached hydrogens (primary N) is 1. The van der Waals surface area contributed by atoms with Gasteiger partial charge in [0, 0.05) is 6.42 Å². The van der Waals surface area contributed by atoms with Gasteiger partial charge in [-0.2, -0.15) is 18.4 Å². The Balaban J connectivity index is 2.68. The Kier molecular flexibility index (Phi) is 6.57. The summed E-state index contributed by atoms with van der Waals surface area (Å²) in [5.74, 6) is -1.36. The van der Waals surface area contributed by atoms with Gasteiger partial charge in [-0.25, -0.2) is 0 Å². The van der Waals surface area contributed by atoms with Gasteiger partial charge >= 0.3 is 6.18 Å². The van der Waals surface area contributed by atoms with E-state index < -0.39 is 29.6 Å². The summed E-state index contributed by atoms with van der Waals surface area (Å²) in [5.41, 5.74) is 4.49. The number of nitriles is 1. The van der Waals surface area contributed by atoms with Gasteiger partial charge in [0.05, 0.1) is 18.1 Å². The fourth-order valence-corrected chi connectivity index (χ4v) is 1.96. The van der Waals surface area contributed by atoms with Crippen molar-refractivity contribution in [3.8, 4) is 6.07 Å². The molecule has 0 saturated heterocycles. The molecule has 0 aliphatic carbocycles. The molecule has 0 saturated carbocycles. The molecule has 1 atom stereocenters. The highest BCUT2D eigenvalue weighted by Gasteiger charge is 2.30. The monoisotopic (exact) mass is 327 g/mol. The quantitative estimate of drug-likeness (QED) is 0.749. The molecule has 0 unspecified atom stereocenters. The first kappa shape index (κ1) is 18.5. The Hall–Kier alpha value is -2.56. The van der Waals surface area contributed by atoms with Gasteiger partial charge in [-0.1, -0.05) is 18.2 Å². The van der Waals surface area contributed by atoms with Crippen molar-refractivity contribution in [1.82, 2.24) is 5.32 Å². The van der Waals surface area contributed by atoms with Crippen LogP contribution in [0.3, 0.4) is 0 Å². The summed E-state index contributed by atoms with van der Waals surface area (Å²) in [4.78, 5) is 23.1. The summed E-state index contributed by atoms with van der Waals surface area (Å²) in [6.45, 7) is 0. The number of primary amides is 1. The Bertz CT molecular complexity index is 609. The van der Waals surface area contributed by atoms with Crippen LogP contribution in [0.2, 0.25) is 0 Å². The smallest absolute Gasteiger partial charge is 0.368 e. The maximum atomic E-state index is 12.6. The maximum absolute atomic E-state index is 12.6. The highest BCUT2D eigenvalue weighted by Crippen LogP contribution is 2.29. The molecule has 0 aliphatic rings. The third-order valence-corrected chi connectivity index (χ3v) is 3.08. The maximum Gasteiger partial charge on any atom is 0.416 e. The van der Waals surface area contributed by atoms with Gasteiger partial charge in [0.15, 0.2) is 0 Å². The second kappa shape index (κ2) is 8.17. The molecule has 0 spiro atoms. The molecule has 0 aromatic heterocycles. The summed E-state index contributed by atoms with van der Waals surface area (Å²) < 4.78 is 37.8. The van der Waals surface area contributed by atoms with Gasteiger partial charge in [0.1, 0.15) is 6.04 Å². The fourth-order valence-electron chi connectivity index (χ4n) is 1.96.